The monoisotopic (exact) mass is 558 g/mol. The summed E-state index contributed by atoms with van der Waals surface area (Å²) in [6.07, 6.45) is -4.50. The fraction of sp³-hybridized carbons (Fsp3) is 0.375. The fourth-order valence-electron chi connectivity index (χ4n) is 4.19. The summed E-state index contributed by atoms with van der Waals surface area (Å²) in [4.78, 5) is 24.8. The van der Waals surface area contributed by atoms with Crippen LogP contribution in [0.4, 0.5) is 29.3 Å². The van der Waals surface area contributed by atoms with Crippen molar-refractivity contribution in [2.24, 2.45) is 5.73 Å². The number of fused-ring (bicyclic) bond motifs is 1. The highest BCUT2D eigenvalue weighted by Gasteiger charge is 2.31. The second-order valence-electron chi connectivity index (χ2n) is 8.53. The maximum absolute atomic E-state index is 15.1. The molecule has 1 aliphatic heterocycles. The lowest BCUT2D eigenvalue weighted by atomic mass is 10.0. The van der Waals surface area contributed by atoms with E-state index < -0.39 is 23.6 Å². The predicted molar refractivity (Wildman–Crippen MR) is 136 cm³/mol. The summed E-state index contributed by atoms with van der Waals surface area (Å²) in [6.45, 7) is 1.38. The van der Waals surface area contributed by atoms with Gasteiger partial charge in [-0.15, -0.1) is 12.4 Å². The van der Waals surface area contributed by atoms with Crippen molar-refractivity contribution in [1.29, 1.82) is 0 Å². The Morgan fingerprint density at radius 3 is 2.26 bits per heavy atom. The Kier molecular flexibility index (Phi) is 8.72. The SMILES string of the molecule is COc1cc2c(N)nc(N3CCN(C(=O)CC(N)c4ccc(C(F)(F)F)cc4)CC3)nc2c(F)c1OC.Cl. The average Bonchev–Trinajstić information content (AvgIpc) is 2.88. The van der Waals surface area contributed by atoms with Crippen molar-refractivity contribution >= 4 is 41.0 Å². The normalized spacial score (nSPS) is 14.7. The maximum atomic E-state index is 15.1. The number of nitrogens with two attached hydrogens (primary N) is 2. The largest absolute Gasteiger partial charge is 0.493 e. The molecular formula is C24H27ClF4N6O3. The number of alkyl halides is 3. The van der Waals surface area contributed by atoms with Crippen molar-refractivity contribution in [3.8, 4) is 11.5 Å². The lowest BCUT2D eigenvalue weighted by Crippen LogP contribution is -2.49. The molecule has 1 saturated heterocycles. The summed E-state index contributed by atoms with van der Waals surface area (Å²) in [7, 11) is 2.70. The van der Waals surface area contributed by atoms with Gasteiger partial charge < -0.3 is 30.7 Å². The Bertz CT molecular complexity index is 1300. The van der Waals surface area contributed by atoms with Crippen molar-refractivity contribution in [2.45, 2.75) is 18.6 Å². The van der Waals surface area contributed by atoms with Crippen LogP contribution in [0.1, 0.15) is 23.6 Å². The smallest absolute Gasteiger partial charge is 0.416 e. The van der Waals surface area contributed by atoms with Crippen LogP contribution >= 0.6 is 12.4 Å². The first-order chi connectivity index (χ1) is 17.5. The Morgan fingerprint density at radius 2 is 1.71 bits per heavy atom. The maximum Gasteiger partial charge on any atom is 0.416 e. The van der Waals surface area contributed by atoms with Gasteiger partial charge in [-0.1, -0.05) is 12.1 Å². The quantitative estimate of drug-likeness (QED) is 0.441. The number of benzene rings is 2. The van der Waals surface area contributed by atoms with E-state index in [1.807, 2.05) is 0 Å². The number of nitrogen functional groups attached to an aromatic ring is 1. The number of methoxy groups -OCH3 is 2. The molecule has 1 atom stereocenters. The number of halogens is 5. The van der Waals surface area contributed by atoms with Gasteiger partial charge in [0.25, 0.3) is 0 Å². The Morgan fingerprint density at radius 1 is 1.08 bits per heavy atom. The molecule has 1 amide bonds. The van der Waals surface area contributed by atoms with E-state index in [1.54, 1.807) is 9.80 Å². The summed E-state index contributed by atoms with van der Waals surface area (Å²) < 4.78 is 63.6. The Hall–Kier alpha value is -3.58. The van der Waals surface area contributed by atoms with Crippen LogP contribution in [0.5, 0.6) is 11.5 Å². The molecule has 0 bridgehead atoms. The predicted octanol–water partition coefficient (Wildman–Crippen LogP) is 3.55. The number of hydrogen-bond acceptors (Lipinski definition) is 8. The summed E-state index contributed by atoms with van der Waals surface area (Å²) in [6, 6.07) is 5.22. The molecule has 1 unspecified atom stereocenters. The molecule has 0 spiro atoms. The van der Waals surface area contributed by atoms with E-state index in [4.69, 9.17) is 20.9 Å². The molecule has 0 aliphatic carbocycles. The molecule has 0 saturated carbocycles. The third-order valence-electron chi connectivity index (χ3n) is 6.27. The first-order valence-corrected chi connectivity index (χ1v) is 11.4. The van der Waals surface area contributed by atoms with Gasteiger partial charge in [-0.05, 0) is 23.8 Å². The number of hydrogen-bond donors (Lipinski definition) is 2. The van der Waals surface area contributed by atoms with E-state index in [9.17, 15) is 18.0 Å². The number of anilines is 2. The van der Waals surface area contributed by atoms with Gasteiger partial charge in [0, 0.05) is 44.0 Å². The molecule has 206 valence electrons. The number of nitrogens with zero attached hydrogens (tertiary/aromatic N) is 4. The molecule has 4 N–H and O–H groups in total. The van der Waals surface area contributed by atoms with E-state index in [1.165, 1.54) is 32.4 Å². The van der Waals surface area contributed by atoms with Gasteiger partial charge in [0.05, 0.1) is 19.8 Å². The summed E-state index contributed by atoms with van der Waals surface area (Å²) in [5.74, 6) is -0.603. The molecule has 38 heavy (non-hydrogen) atoms. The number of aromatic nitrogens is 2. The minimum absolute atomic E-state index is 0. The zero-order chi connectivity index (χ0) is 26.9. The van der Waals surface area contributed by atoms with Crippen molar-refractivity contribution < 1.29 is 31.8 Å². The second-order valence-corrected chi connectivity index (χ2v) is 8.53. The number of rotatable bonds is 6. The minimum atomic E-state index is -4.44. The first-order valence-electron chi connectivity index (χ1n) is 11.4. The first kappa shape index (κ1) is 29.0. The molecule has 1 aromatic heterocycles. The molecule has 4 rings (SSSR count). The van der Waals surface area contributed by atoms with Crippen molar-refractivity contribution in [3.63, 3.8) is 0 Å². The van der Waals surface area contributed by atoms with Gasteiger partial charge in [-0.3, -0.25) is 4.79 Å². The number of carbonyl (C=O) groups is 1. The Labute approximate surface area is 222 Å². The van der Waals surface area contributed by atoms with E-state index in [-0.39, 0.29) is 58.9 Å². The van der Waals surface area contributed by atoms with Crippen LogP contribution in [-0.2, 0) is 11.0 Å². The lowest BCUT2D eigenvalue weighted by Gasteiger charge is -2.35. The molecule has 0 radical (unpaired) electrons. The van der Waals surface area contributed by atoms with Crippen LogP contribution in [0.3, 0.4) is 0 Å². The average molecular weight is 559 g/mol. The van der Waals surface area contributed by atoms with Crippen LogP contribution < -0.4 is 25.8 Å². The minimum Gasteiger partial charge on any atom is -0.493 e. The van der Waals surface area contributed by atoms with Gasteiger partial charge >= 0.3 is 6.18 Å². The third-order valence-corrected chi connectivity index (χ3v) is 6.27. The highest BCUT2D eigenvalue weighted by molar-refractivity contribution is 5.92. The van der Waals surface area contributed by atoms with Gasteiger partial charge in [0.1, 0.15) is 11.3 Å². The van der Waals surface area contributed by atoms with Crippen LogP contribution in [0, 0.1) is 5.82 Å². The summed E-state index contributed by atoms with van der Waals surface area (Å²) >= 11 is 0. The van der Waals surface area contributed by atoms with Crippen LogP contribution in [0.2, 0.25) is 0 Å². The van der Waals surface area contributed by atoms with E-state index in [2.05, 4.69) is 9.97 Å². The standard InChI is InChI=1S/C24H26F4N6O3.ClH/c1-36-17-11-15-20(19(25)21(17)37-2)31-23(32-22(15)30)34-9-7-33(8-10-34)18(35)12-16(29)13-3-5-14(6-4-13)24(26,27)28;/h3-6,11,16H,7-10,12,29H2,1-2H3,(H2,30,31,32);1H. The van der Waals surface area contributed by atoms with Gasteiger partial charge in [0.2, 0.25) is 11.9 Å². The van der Waals surface area contributed by atoms with Crippen LogP contribution in [0.25, 0.3) is 10.9 Å². The number of ether oxygens (including phenoxy) is 2. The topological polar surface area (TPSA) is 120 Å². The van der Waals surface area contributed by atoms with Crippen LogP contribution in [-0.4, -0.2) is 61.2 Å². The summed E-state index contributed by atoms with van der Waals surface area (Å²) in [5.41, 5.74) is 11.8. The van der Waals surface area contributed by atoms with Gasteiger partial charge in [-0.25, -0.2) is 9.37 Å². The number of amides is 1. The second kappa shape index (κ2) is 11.4. The van der Waals surface area contributed by atoms with Gasteiger partial charge in [-0.2, -0.15) is 18.2 Å². The highest BCUT2D eigenvalue weighted by atomic mass is 35.5. The van der Waals surface area contributed by atoms with E-state index >= 15 is 4.39 Å². The van der Waals surface area contributed by atoms with Crippen LogP contribution in [0.15, 0.2) is 30.3 Å². The number of piperazine rings is 1. The Balaban J connectivity index is 0.00000400. The molecule has 2 aromatic carbocycles. The molecule has 2 heterocycles. The van der Waals surface area contributed by atoms with Crippen molar-refractivity contribution in [2.75, 3.05) is 51.0 Å². The van der Waals surface area contributed by atoms with Gasteiger partial charge in [0.15, 0.2) is 17.3 Å². The zero-order valence-electron chi connectivity index (χ0n) is 20.6. The zero-order valence-corrected chi connectivity index (χ0v) is 21.4. The van der Waals surface area contributed by atoms with Crippen molar-refractivity contribution in [1.82, 2.24) is 14.9 Å². The molecular weight excluding hydrogens is 532 g/mol. The summed E-state index contributed by atoms with van der Waals surface area (Å²) in [5, 5.41) is 0.282. The van der Waals surface area contributed by atoms with E-state index in [0.29, 0.717) is 31.7 Å². The molecule has 1 aliphatic rings. The molecule has 3 aromatic rings. The van der Waals surface area contributed by atoms with Crippen molar-refractivity contribution in [3.05, 3.63) is 47.3 Å². The lowest BCUT2D eigenvalue weighted by molar-refractivity contribution is -0.137. The highest BCUT2D eigenvalue weighted by Crippen LogP contribution is 2.37. The third kappa shape index (κ3) is 5.78. The fourth-order valence-corrected chi connectivity index (χ4v) is 4.19. The van der Waals surface area contributed by atoms with E-state index in [0.717, 1.165) is 12.1 Å². The number of carbonyl (C=O) groups excluding carboxylic acids is 1. The molecule has 14 heteroatoms. The molecule has 1 fully saturated rings. The molecule has 9 nitrogen and oxygen atoms in total.